The van der Waals surface area contributed by atoms with E-state index < -0.39 is 42.1 Å². The van der Waals surface area contributed by atoms with Crippen molar-refractivity contribution < 1.29 is 33.6 Å². The Balaban J connectivity index is 2.14. The lowest BCUT2D eigenvalue weighted by Crippen LogP contribution is -2.58. The van der Waals surface area contributed by atoms with Crippen molar-refractivity contribution in [1.29, 1.82) is 0 Å². The van der Waals surface area contributed by atoms with E-state index in [9.17, 15) is 14.7 Å². The molecule has 0 aromatic rings. The fourth-order valence-electron chi connectivity index (χ4n) is 4.88. The molecule has 2 rings (SSSR count). The van der Waals surface area contributed by atoms with E-state index in [1.54, 1.807) is 0 Å². The Bertz CT molecular complexity index is 700. The third-order valence-electron chi connectivity index (χ3n) is 6.84. The minimum Gasteiger partial charge on any atom is -0.456 e. The quantitative estimate of drug-likeness (QED) is 0.480. The van der Waals surface area contributed by atoms with Gasteiger partial charge in [0, 0.05) is 13.8 Å². The van der Waals surface area contributed by atoms with Gasteiger partial charge in [0.1, 0.15) is 6.10 Å². The van der Waals surface area contributed by atoms with Crippen molar-refractivity contribution >= 4 is 11.9 Å². The highest BCUT2D eigenvalue weighted by molar-refractivity contribution is 5.67. The van der Waals surface area contributed by atoms with Gasteiger partial charge in [-0.2, -0.15) is 0 Å². The fourth-order valence-corrected chi connectivity index (χ4v) is 4.88. The first-order valence-electron chi connectivity index (χ1n) is 10.9. The largest absolute Gasteiger partial charge is 0.456 e. The van der Waals surface area contributed by atoms with Crippen molar-refractivity contribution in [2.24, 2.45) is 17.3 Å². The van der Waals surface area contributed by atoms with Crippen LogP contribution in [0.4, 0.5) is 0 Å². The molecule has 0 bridgehead atoms. The summed E-state index contributed by atoms with van der Waals surface area (Å²) >= 11 is 0. The summed E-state index contributed by atoms with van der Waals surface area (Å²) in [4.78, 5) is 22.9. The smallest absolute Gasteiger partial charge is 0.303 e. The lowest BCUT2D eigenvalue weighted by molar-refractivity contribution is -0.308. The van der Waals surface area contributed by atoms with E-state index in [1.165, 1.54) is 13.8 Å². The number of esters is 2. The van der Waals surface area contributed by atoms with Gasteiger partial charge >= 0.3 is 11.9 Å². The van der Waals surface area contributed by atoms with Gasteiger partial charge in [-0.3, -0.25) is 9.59 Å². The highest BCUT2D eigenvalue weighted by Gasteiger charge is 2.49. The number of hydrogen-bond acceptors (Lipinski definition) is 7. The Morgan fingerprint density at radius 1 is 1.19 bits per heavy atom. The monoisotopic (exact) mass is 438 g/mol. The molecule has 0 radical (unpaired) electrons. The Kier molecular flexibility index (Phi) is 8.11. The minimum absolute atomic E-state index is 0.00304. The first kappa shape index (κ1) is 25.6. The van der Waals surface area contributed by atoms with Crippen LogP contribution < -0.4 is 0 Å². The van der Waals surface area contributed by atoms with Crippen molar-refractivity contribution in [2.75, 3.05) is 6.61 Å². The van der Waals surface area contributed by atoms with Crippen LogP contribution in [-0.4, -0.2) is 53.9 Å². The third-order valence-corrected chi connectivity index (χ3v) is 6.84. The van der Waals surface area contributed by atoms with Crippen LogP contribution in [0.5, 0.6) is 0 Å². The molecule has 7 atom stereocenters. The molecule has 1 aliphatic carbocycles. The van der Waals surface area contributed by atoms with Gasteiger partial charge in [-0.15, -0.1) is 6.58 Å². The molecule has 1 N–H and O–H groups in total. The van der Waals surface area contributed by atoms with E-state index >= 15 is 0 Å². The van der Waals surface area contributed by atoms with E-state index in [-0.39, 0.29) is 23.9 Å². The van der Waals surface area contributed by atoms with E-state index in [0.29, 0.717) is 0 Å². The summed E-state index contributed by atoms with van der Waals surface area (Å²) in [5.74, 6) is -0.639. The van der Waals surface area contributed by atoms with Crippen molar-refractivity contribution in [3.63, 3.8) is 0 Å². The second kappa shape index (κ2) is 9.84. The molecule has 7 heteroatoms. The Morgan fingerprint density at radius 3 is 2.32 bits per heavy atom. The van der Waals surface area contributed by atoms with E-state index in [0.717, 1.165) is 24.8 Å². The van der Waals surface area contributed by atoms with Gasteiger partial charge in [0.2, 0.25) is 0 Å². The van der Waals surface area contributed by atoms with Crippen LogP contribution in [0.2, 0.25) is 0 Å². The first-order chi connectivity index (χ1) is 14.3. The SMILES string of the molecule is C=C[C@]1(C)CC[C@@H](C(C)(C)O[C@H]2OC[C@@H](OC(C)=O)[C@@H](OC(C)=O)[C@@H]2O)C[C@H]1C(=C)C. The van der Waals surface area contributed by atoms with Gasteiger partial charge in [-0.05, 0) is 57.3 Å². The second-order valence-electron chi connectivity index (χ2n) is 9.72. The topological polar surface area (TPSA) is 91.3 Å². The van der Waals surface area contributed by atoms with Crippen LogP contribution in [0.1, 0.15) is 60.8 Å². The maximum absolute atomic E-state index is 11.5. The van der Waals surface area contributed by atoms with Crippen LogP contribution in [0.3, 0.4) is 0 Å². The predicted octanol–water partition coefficient (Wildman–Crippen LogP) is 3.55. The molecule has 0 aromatic carbocycles. The summed E-state index contributed by atoms with van der Waals surface area (Å²) in [5.41, 5.74) is 0.504. The zero-order valence-corrected chi connectivity index (χ0v) is 19.7. The molecule has 1 saturated heterocycles. The predicted molar refractivity (Wildman–Crippen MR) is 116 cm³/mol. The van der Waals surface area contributed by atoms with E-state index in [4.69, 9.17) is 18.9 Å². The molecular formula is C24H38O7. The number of ether oxygens (including phenoxy) is 4. The van der Waals surface area contributed by atoms with E-state index in [2.05, 4.69) is 27.0 Å². The molecule has 0 unspecified atom stereocenters. The average Bonchev–Trinajstić information content (AvgIpc) is 2.66. The van der Waals surface area contributed by atoms with Crippen molar-refractivity contribution in [2.45, 2.75) is 91.0 Å². The van der Waals surface area contributed by atoms with Crippen LogP contribution >= 0.6 is 0 Å². The molecule has 2 aliphatic rings. The fraction of sp³-hybridized carbons (Fsp3) is 0.750. The molecule has 1 heterocycles. The van der Waals surface area contributed by atoms with Gasteiger partial charge in [0.05, 0.1) is 12.2 Å². The maximum atomic E-state index is 11.5. The van der Waals surface area contributed by atoms with Crippen LogP contribution in [0, 0.1) is 17.3 Å². The number of rotatable bonds is 7. The highest BCUT2D eigenvalue weighted by Crippen LogP contribution is 2.50. The van der Waals surface area contributed by atoms with Crippen molar-refractivity contribution in [1.82, 2.24) is 0 Å². The summed E-state index contributed by atoms with van der Waals surface area (Å²) < 4.78 is 22.4. The van der Waals surface area contributed by atoms with Crippen LogP contribution in [-0.2, 0) is 28.5 Å². The van der Waals surface area contributed by atoms with Crippen molar-refractivity contribution in [3.05, 3.63) is 24.8 Å². The average molecular weight is 439 g/mol. The minimum atomic E-state index is -1.29. The number of aliphatic hydroxyl groups is 1. The number of allylic oxidation sites excluding steroid dienone is 2. The summed E-state index contributed by atoms with van der Waals surface area (Å²) in [6.07, 6.45) is 0.558. The van der Waals surface area contributed by atoms with E-state index in [1.807, 2.05) is 19.9 Å². The number of carbonyl (C=O) groups is 2. The van der Waals surface area contributed by atoms with Gasteiger partial charge in [0.15, 0.2) is 18.5 Å². The first-order valence-corrected chi connectivity index (χ1v) is 10.9. The number of aliphatic hydroxyl groups excluding tert-OH is 1. The summed E-state index contributed by atoms with van der Waals surface area (Å²) in [6, 6.07) is 0. The lowest BCUT2D eigenvalue weighted by atomic mass is 9.60. The Hall–Kier alpha value is -1.70. The number of carbonyl (C=O) groups excluding carboxylic acids is 2. The van der Waals surface area contributed by atoms with Crippen molar-refractivity contribution in [3.8, 4) is 0 Å². The summed E-state index contributed by atoms with van der Waals surface area (Å²) in [5, 5.41) is 10.8. The Labute approximate surface area is 185 Å². The third kappa shape index (κ3) is 5.96. The molecule has 176 valence electrons. The lowest BCUT2D eigenvalue weighted by Gasteiger charge is -2.49. The molecule has 0 spiro atoms. The van der Waals surface area contributed by atoms with Gasteiger partial charge in [-0.1, -0.05) is 25.2 Å². The van der Waals surface area contributed by atoms with Crippen LogP contribution in [0.15, 0.2) is 24.8 Å². The molecule has 0 aromatic heterocycles. The Morgan fingerprint density at radius 2 is 1.81 bits per heavy atom. The van der Waals surface area contributed by atoms with Gasteiger partial charge in [0.25, 0.3) is 0 Å². The summed E-state index contributed by atoms with van der Waals surface area (Å²) in [7, 11) is 0. The standard InChI is InChI=1S/C24H38O7/c1-9-24(8)11-10-17(12-18(24)14(2)3)23(6,7)31-22-20(27)21(30-16(5)26)19(13-28-22)29-15(4)25/h9,17-22,27H,1-2,10-13H2,3-8H3/t17-,18+,19-,20+,21-,22-,24-/m1/s1. The zero-order valence-electron chi connectivity index (χ0n) is 19.7. The normalized spacial score (nSPS) is 36.4. The molecule has 1 saturated carbocycles. The molecule has 7 nitrogen and oxygen atoms in total. The molecule has 0 amide bonds. The summed E-state index contributed by atoms with van der Waals surface area (Å²) in [6.45, 7) is 18.9. The molecular weight excluding hydrogens is 400 g/mol. The van der Waals surface area contributed by atoms with Gasteiger partial charge < -0.3 is 24.1 Å². The maximum Gasteiger partial charge on any atom is 0.303 e. The molecule has 1 aliphatic heterocycles. The zero-order chi connectivity index (χ0) is 23.6. The number of hydrogen-bond donors (Lipinski definition) is 1. The van der Waals surface area contributed by atoms with Crippen LogP contribution in [0.25, 0.3) is 0 Å². The highest BCUT2D eigenvalue weighted by atomic mass is 16.7. The molecule has 31 heavy (non-hydrogen) atoms. The molecule has 2 fully saturated rings. The van der Waals surface area contributed by atoms with Gasteiger partial charge in [-0.25, -0.2) is 0 Å². The second-order valence-corrected chi connectivity index (χ2v) is 9.72.